The Morgan fingerprint density at radius 3 is 2.57 bits per heavy atom. The molecule has 2 aromatic carbocycles. The minimum Gasteiger partial charge on any atom is -0.481 e. The van der Waals surface area contributed by atoms with Gasteiger partial charge in [-0.25, -0.2) is 0 Å². The highest BCUT2D eigenvalue weighted by atomic mass is 79.9. The van der Waals surface area contributed by atoms with Gasteiger partial charge in [-0.05, 0) is 42.3 Å². The molecule has 1 unspecified atom stereocenters. The van der Waals surface area contributed by atoms with Crippen LogP contribution in [0.3, 0.4) is 0 Å². The van der Waals surface area contributed by atoms with E-state index in [-0.39, 0.29) is 5.91 Å². The monoisotopic (exact) mass is 377 g/mol. The summed E-state index contributed by atoms with van der Waals surface area (Å²) in [5, 5.41) is 2.89. The molecule has 4 nitrogen and oxygen atoms in total. The Hall–Kier alpha value is -1.85. The minimum absolute atomic E-state index is 0.148. The lowest BCUT2D eigenvalue weighted by Gasteiger charge is -2.15. The van der Waals surface area contributed by atoms with Gasteiger partial charge >= 0.3 is 0 Å². The average Bonchev–Trinajstić information content (AvgIpc) is 2.55. The number of methoxy groups -OCH3 is 1. The lowest BCUT2D eigenvalue weighted by molar-refractivity contribution is -0.127. The van der Waals surface area contributed by atoms with Gasteiger partial charge in [-0.15, -0.1) is 0 Å². The number of hydrogen-bond donors (Lipinski definition) is 1. The number of hydrogen-bond acceptors (Lipinski definition) is 3. The fourth-order valence-electron chi connectivity index (χ4n) is 2.10. The van der Waals surface area contributed by atoms with Crippen LogP contribution < -0.4 is 10.1 Å². The summed E-state index contributed by atoms with van der Waals surface area (Å²) >= 11 is 3.36. The van der Waals surface area contributed by atoms with Crippen molar-refractivity contribution in [3.05, 3.63) is 64.1 Å². The van der Waals surface area contributed by atoms with E-state index in [1.165, 1.54) is 0 Å². The maximum Gasteiger partial charge on any atom is 0.261 e. The van der Waals surface area contributed by atoms with E-state index in [1.807, 2.05) is 48.5 Å². The Morgan fingerprint density at radius 1 is 1.17 bits per heavy atom. The smallest absolute Gasteiger partial charge is 0.261 e. The van der Waals surface area contributed by atoms with Crippen molar-refractivity contribution in [1.29, 1.82) is 0 Å². The molecule has 0 aliphatic heterocycles. The summed E-state index contributed by atoms with van der Waals surface area (Å²) < 4.78 is 11.7. The first kappa shape index (κ1) is 17.5. The third-order valence-electron chi connectivity index (χ3n) is 3.26. The van der Waals surface area contributed by atoms with Gasteiger partial charge in [-0.2, -0.15) is 0 Å². The van der Waals surface area contributed by atoms with Crippen LogP contribution in [0.1, 0.15) is 18.1 Å². The summed E-state index contributed by atoms with van der Waals surface area (Å²) in [4.78, 5) is 12.1. The van der Waals surface area contributed by atoms with E-state index in [2.05, 4.69) is 21.2 Å². The lowest BCUT2D eigenvalue weighted by Crippen LogP contribution is -2.35. The van der Waals surface area contributed by atoms with Crippen LogP contribution >= 0.6 is 15.9 Å². The molecule has 0 radical (unpaired) electrons. The van der Waals surface area contributed by atoms with E-state index in [4.69, 9.17) is 9.47 Å². The molecule has 0 saturated heterocycles. The SMILES string of the molecule is COCc1cccc(CNC(=O)C(C)Oc2ccc(Br)cc2)c1. The number of nitrogens with one attached hydrogen (secondary N) is 1. The van der Waals surface area contributed by atoms with Gasteiger partial charge in [0.1, 0.15) is 5.75 Å². The highest BCUT2D eigenvalue weighted by molar-refractivity contribution is 9.10. The van der Waals surface area contributed by atoms with Gasteiger partial charge in [0, 0.05) is 18.1 Å². The summed E-state index contributed by atoms with van der Waals surface area (Å²) in [7, 11) is 1.66. The van der Waals surface area contributed by atoms with Gasteiger partial charge in [0.25, 0.3) is 5.91 Å². The number of halogens is 1. The zero-order valence-corrected chi connectivity index (χ0v) is 14.8. The van der Waals surface area contributed by atoms with Gasteiger partial charge in [0.05, 0.1) is 6.61 Å². The van der Waals surface area contributed by atoms with Crippen LogP contribution in [0.25, 0.3) is 0 Å². The van der Waals surface area contributed by atoms with Crippen LogP contribution in [0.15, 0.2) is 53.0 Å². The van der Waals surface area contributed by atoms with Gasteiger partial charge in [-0.1, -0.05) is 40.2 Å². The molecule has 122 valence electrons. The van der Waals surface area contributed by atoms with Crippen molar-refractivity contribution in [2.24, 2.45) is 0 Å². The molecule has 0 bridgehead atoms. The Bertz CT molecular complexity index is 643. The first-order chi connectivity index (χ1) is 11.1. The number of carbonyl (C=O) groups is 1. The number of amides is 1. The normalized spacial score (nSPS) is 11.8. The van der Waals surface area contributed by atoms with Crippen LogP contribution in [0.2, 0.25) is 0 Å². The maximum atomic E-state index is 12.1. The van der Waals surface area contributed by atoms with Gasteiger partial charge in [0.2, 0.25) is 0 Å². The Kier molecular flexibility index (Phi) is 6.62. The summed E-state index contributed by atoms with van der Waals surface area (Å²) in [5.74, 6) is 0.517. The molecule has 0 saturated carbocycles. The third-order valence-corrected chi connectivity index (χ3v) is 3.79. The molecule has 0 aliphatic carbocycles. The molecule has 1 atom stereocenters. The number of benzene rings is 2. The molecule has 1 N–H and O–H groups in total. The van der Waals surface area contributed by atoms with Crippen molar-refractivity contribution >= 4 is 21.8 Å². The molecule has 5 heteroatoms. The van der Waals surface area contributed by atoms with Crippen LogP contribution in [0.4, 0.5) is 0 Å². The van der Waals surface area contributed by atoms with Gasteiger partial charge < -0.3 is 14.8 Å². The molecule has 0 heterocycles. The molecule has 0 aliphatic rings. The molecular weight excluding hydrogens is 358 g/mol. The second kappa shape index (κ2) is 8.70. The fraction of sp³-hybridized carbons (Fsp3) is 0.278. The second-order valence-corrected chi connectivity index (χ2v) is 6.10. The Labute approximate surface area is 144 Å². The summed E-state index contributed by atoms with van der Waals surface area (Å²) in [5.41, 5.74) is 2.11. The van der Waals surface area contributed by atoms with Crippen LogP contribution in [0.5, 0.6) is 5.75 Å². The quantitative estimate of drug-likeness (QED) is 0.800. The van der Waals surface area contributed by atoms with Gasteiger partial charge in [-0.3, -0.25) is 4.79 Å². The molecule has 0 aromatic heterocycles. The molecule has 2 aromatic rings. The van der Waals surface area contributed by atoms with E-state index in [0.29, 0.717) is 18.9 Å². The highest BCUT2D eigenvalue weighted by Crippen LogP contribution is 2.17. The fourth-order valence-corrected chi connectivity index (χ4v) is 2.36. The molecule has 23 heavy (non-hydrogen) atoms. The number of ether oxygens (including phenoxy) is 2. The zero-order chi connectivity index (χ0) is 16.7. The van der Waals surface area contributed by atoms with E-state index in [0.717, 1.165) is 15.6 Å². The van der Waals surface area contributed by atoms with E-state index in [9.17, 15) is 4.79 Å². The number of carbonyl (C=O) groups excluding carboxylic acids is 1. The van der Waals surface area contributed by atoms with Crippen LogP contribution in [-0.4, -0.2) is 19.1 Å². The summed E-state index contributed by atoms with van der Waals surface area (Å²) in [6, 6.07) is 15.3. The zero-order valence-electron chi connectivity index (χ0n) is 13.2. The highest BCUT2D eigenvalue weighted by Gasteiger charge is 2.14. The van der Waals surface area contributed by atoms with Crippen molar-refractivity contribution in [3.8, 4) is 5.75 Å². The molecule has 0 fully saturated rings. The average molecular weight is 378 g/mol. The van der Waals surface area contributed by atoms with E-state index in [1.54, 1.807) is 14.0 Å². The van der Waals surface area contributed by atoms with Crippen LogP contribution in [-0.2, 0) is 22.7 Å². The first-order valence-corrected chi connectivity index (χ1v) is 8.14. The van der Waals surface area contributed by atoms with Crippen molar-refractivity contribution in [1.82, 2.24) is 5.32 Å². The standard InChI is InChI=1S/C18H20BrNO3/c1-13(23-17-8-6-16(19)7-9-17)18(21)20-11-14-4-3-5-15(10-14)12-22-2/h3-10,13H,11-12H2,1-2H3,(H,20,21). The predicted octanol–water partition coefficient (Wildman–Crippen LogP) is 3.68. The lowest BCUT2D eigenvalue weighted by atomic mass is 10.1. The summed E-state index contributed by atoms with van der Waals surface area (Å²) in [6.45, 7) is 2.76. The molecular formula is C18H20BrNO3. The predicted molar refractivity (Wildman–Crippen MR) is 93.2 cm³/mol. The number of rotatable bonds is 7. The molecule has 2 rings (SSSR count). The van der Waals surface area contributed by atoms with Crippen molar-refractivity contribution < 1.29 is 14.3 Å². The van der Waals surface area contributed by atoms with E-state index >= 15 is 0 Å². The summed E-state index contributed by atoms with van der Waals surface area (Å²) in [6.07, 6.45) is -0.557. The second-order valence-electron chi connectivity index (χ2n) is 5.18. The van der Waals surface area contributed by atoms with Crippen LogP contribution in [0, 0.1) is 0 Å². The Morgan fingerprint density at radius 2 is 1.87 bits per heavy atom. The first-order valence-electron chi connectivity index (χ1n) is 7.35. The maximum absolute atomic E-state index is 12.1. The Balaban J connectivity index is 1.86. The molecule has 0 spiro atoms. The van der Waals surface area contributed by atoms with Gasteiger partial charge in [0.15, 0.2) is 6.10 Å². The topological polar surface area (TPSA) is 47.6 Å². The minimum atomic E-state index is -0.557. The van der Waals surface area contributed by atoms with Crippen molar-refractivity contribution in [3.63, 3.8) is 0 Å². The largest absolute Gasteiger partial charge is 0.481 e. The van der Waals surface area contributed by atoms with Crippen molar-refractivity contribution in [2.45, 2.75) is 26.2 Å². The van der Waals surface area contributed by atoms with Crippen molar-refractivity contribution in [2.75, 3.05) is 7.11 Å². The van der Waals surface area contributed by atoms with E-state index < -0.39 is 6.10 Å². The molecule has 1 amide bonds. The third kappa shape index (κ3) is 5.69.